The van der Waals surface area contributed by atoms with Crippen LogP contribution in [-0.2, 0) is 16.1 Å². The lowest BCUT2D eigenvalue weighted by Gasteiger charge is -2.23. The molecule has 2 aromatic rings. The number of carboxylic acid groups (broad SMARTS) is 1. The van der Waals surface area contributed by atoms with Crippen molar-refractivity contribution in [1.82, 2.24) is 10.1 Å². The summed E-state index contributed by atoms with van der Waals surface area (Å²) in [7, 11) is 1.79. The summed E-state index contributed by atoms with van der Waals surface area (Å²) < 4.78 is 17.0. The predicted octanol–water partition coefficient (Wildman–Crippen LogP) is 4.79. The Morgan fingerprint density at radius 1 is 1.16 bits per heavy atom. The topological polar surface area (TPSA) is 102 Å². The quantitative estimate of drug-likeness (QED) is 0.657. The highest BCUT2D eigenvalue weighted by Crippen LogP contribution is 2.32. The first-order chi connectivity index (χ1) is 15.4. The molecule has 0 bridgehead atoms. The van der Waals surface area contributed by atoms with Crippen molar-refractivity contribution in [3.8, 4) is 17.1 Å². The molecule has 0 radical (unpaired) electrons. The van der Waals surface area contributed by atoms with Crippen LogP contribution in [0.1, 0.15) is 56.2 Å². The predicted molar refractivity (Wildman–Crippen MR) is 116 cm³/mol. The molecule has 2 aliphatic rings. The monoisotopic (exact) mass is 442 g/mol. The fourth-order valence-corrected chi connectivity index (χ4v) is 4.61. The van der Waals surface area contributed by atoms with E-state index in [4.69, 9.17) is 19.1 Å². The van der Waals surface area contributed by atoms with E-state index >= 15 is 0 Å². The zero-order valence-electron chi connectivity index (χ0n) is 18.6. The Morgan fingerprint density at radius 3 is 2.53 bits per heavy atom. The Morgan fingerprint density at radius 2 is 1.88 bits per heavy atom. The number of ether oxygens (including phenoxy) is 2. The van der Waals surface area contributed by atoms with Crippen molar-refractivity contribution in [1.29, 1.82) is 0 Å². The van der Waals surface area contributed by atoms with Crippen LogP contribution in [0.15, 0.2) is 28.8 Å². The lowest BCUT2D eigenvalue weighted by molar-refractivity contribution is -0.141. The lowest BCUT2D eigenvalue weighted by atomic mass is 10.1. The maximum absolute atomic E-state index is 12.5. The van der Waals surface area contributed by atoms with Gasteiger partial charge in [-0.1, -0.05) is 18.0 Å². The molecule has 2 fully saturated rings. The maximum atomic E-state index is 12.5. The summed E-state index contributed by atoms with van der Waals surface area (Å²) in [4.78, 5) is 25.3. The second kappa shape index (κ2) is 9.63. The van der Waals surface area contributed by atoms with Crippen molar-refractivity contribution < 1.29 is 28.7 Å². The molecular weight excluding hydrogens is 412 g/mol. The fourth-order valence-electron chi connectivity index (χ4n) is 4.61. The minimum atomic E-state index is -0.755. The van der Waals surface area contributed by atoms with Crippen molar-refractivity contribution in [3.05, 3.63) is 35.5 Å². The molecule has 2 aliphatic carbocycles. The molecule has 1 amide bonds. The van der Waals surface area contributed by atoms with Gasteiger partial charge in [0.1, 0.15) is 12.4 Å². The van der Waals surface area contributed by atoms with Crippen molar-refractivity contribution in [3.63, 3.8) is 0 Å². The second-order valence-corrected chi connectivity index (χ2v) is 8.79. The molecule has 0 aliphatic heterocycles. The molecule has 1 aromatic heterocycles. The number of benzene rings is 1. The van der Waals surface area contributed by atoms with Gasteiger partial charge in [-0.15, -0.1) is 0 Å². The Hall–Kier alpha value is -3.03. The average molecular weight is 443 g/mol. The van der Waals surface area contributed by atoms with E-state index in [0.29, 0.717) is 30.0 Å². The van der Waals surface area contributed by atoms with Gasteiger partial charge in [0.25, 0.3) is 0 Å². The van der Waals surface area contributed by atoms with Gasteiger partial charge in [0, 0.05) is 18.7 Å². The number of aliphatic carboxylic acids is 1. The van der Waals surface area contributed by atoms with E-state index in [0.717, 1.165) is 43.2 Å². The zero-order valence-corrected chi connectivity index (χ0v) is 18.6. The van der Waals surface area contributed by atoms with Crippen LogP contribution in [-0.4, -0.2) is 46.4 Å². The molecule has 32 heavy (non-hydrogen) atoms. The third-order valence-corrected chi connectivity index (χ3v) is 6.64. The van der Waals surface area contributed by atoms with E-state index in [1.165, 1.54) is 0 Å². The van der Waals surface area contributed by atoms with Crippen LogP contribution in [0.4, 0.5) is 4.79 Å². The highest BCUT2D eigenvalue weighted by molar-refractivity contribution is 5.70. The van der Waals surface area contributed by atoms with Gasteiger partial charge in [-0.25, -0.2) is 4.79 Å². The summed E-state index contributed by atoms with van der Waals surface area (Å²) in [5.74, 6) is 0.175. The van der Waals surface area contributed by atoms with Gasteiger partial charge in [-0.3, -0.25) is 4.79 Å². The van der Waals surface area contributed by atoms with E-state index in [1.807, 2.05) is 31.2 Å². The molecule has 0 saturated heterocycles. The second-order valence-electron chi connectivity index (χ2n) is 8.79. The van der Waals surface area contributed by atoms with Crippen molar-refractivity contribution in [2.75, 3.05) is 7.05 Å². The third-order valence-electron chi connectivity index (χ3n) is 6.64. The highest BCUT2D eigenvalue weighted by atomic mass is 16.6. The van der Waals surface area contributed by atoms with Gasteiger partial charge in [0.15, 0.2) is 5.76 Å². The van der Waals surface area contributed by atoms with Gasteiger partial charge in [0.2, 0.25) is 0 Å². The molecule has 2 atom stereocenters. The average Bonchev–Trinajstić information content (AvgIpc) is 3.54. The van der Waals surface area contributed by atoms with Gasteiger partial charge in [-0.05, 0) is 63.3 Å². The molecule has 1 N–H and O–H groups in total. The molecule has 0 unspecified atom stereocenters. The number of hydrogen-bond acceptors (Lipinski definition) is 6. The van der Waals surface area contributed by atoms with E-state index in [9.17, 15) is 9.59 Å². The normalized spacial score (nSPS) is 20.9. The summed E-state index contributed by atoms with van der Waals surface area (Å²) in [5.41, 5.74) is 2.23. The Labute approximate surface area is 187 Å². The number of carbonyl (C=O) groups is 2. The van der Waals surface area contributed by atoms with Crippen LogP contribution >= 0.6 is 0 Å². The number of carbonyl (C=O) groups excluding carboxylic acids is 1. The van der Waals surface area contributed by atoms with Crippen LogP contribution in [0, 0.1) is 12.8 Å². The van der Waals surface area contributed by atoms with E-state index < -0.39 is 5.97 Å². The van der Waals surface area contributed by atoms with E-state index in [-0.39, 0.29) is 30.8 Å². The molecular formula is C24H30N2O6. The summed E-state index contributed by atoms with van der Waals surface area (Å²) in [6.07, 6.45) is 5.85. The minimum Gasteiger partial charge on any atom is -0.490 e. The first-order valence-electron chi connectivity index (χ1n) is 11.3. The third kappa shape index (κ3) is 4.89. The highest BCUT2D eigenvalue weighted by Gasteiger charge is 2.31. The summed E-state index contributed by atoms with van der Waals surface area (Å²) in [6, 6.07) is 7.67. The number of aromatic nitrogens is 1. The minimum absolute atomic E-state index is 0.0821. The lowest BCUT2D eigenvalue weighted by Crippen LogP contribution is -2.35. The summed E-state index contributed by atoms with van der Waals surface area (Å²) in [6.45, 7) is 1.92. The van der Waals surface area contributed by atoms with Crippen LogP contribution in [0.2, 0.25) is 0 Å². The number of hydrogen-bond donors (Lipinski definition) is 1. The van der Waals surface area contributed by atoms with Crippen LogP contribution in [0.25, 0.3) is 11.3 Å². The van der Waals surface area contributed by atoms with E-state index in [2.05, 4.69) is 5.16 Å². The van der Waals surface area contributed by atoms with Crippen LogP contribution in [0.5, 0.6) is 5.75 Å². The first kappa shape index (κ1) is 22.2. The smallest absolute Gasteiger partial charge is 0.410 e. The van der Waals surface area contributed by atoms with Crippen molar-refractivity contribution in [2.24, 2.45) is 5.92 Å². The largest absolute Gasteiger partial charge is 0.490 e. The Kier molecular flexibility index (Phi) is 6.67. The summed E-state index contributed by atoms with van der Waals surface area (Å²) in [5, 5.41) is 13.2. The van der Waals surface area contributed by atoms with Gasteiger partial charge in [-0.2, -0.15) is 0 Å². The van der Waals surface area contributed by atoms with Gasteiger partial charge >= 0.3 is 12.1 Å². The number of carboxylic acids is 1. The molecule has 4 rings (SSSR count). The van der Waals surface area contributed by atoms with Crippen molar-refractivity contribution in [2.45, 2.75) is 70.6 Å². The Bertz CT molecular complexity index is 948. The molecule has 172 valence electrons. The molecule has 0 spiro atoms. The standard InChI is InChI=1S/C24H30N2O6/c1-15-21(14-30-24(29)26(2)18-5-3-4-6-18)22(32-25-15)16-7-10-19(11-8-16)31-20-12-9-17(13-20)23(27)28/h7-8,10-11,17-18,20H,3-6,9,12-14H2,1-2H3,(H,27,28)/t17-,20-/m0/s1. The number of rotatable bonds is 7. The molecule has 8 heteroatoms. The number of aryl methyl sites for hydroxylation is 1. The van der Waals surface area contributed by atoms with E-state index in [1.54, 1.807) is 11.9 Å². The van der Waals surface area contributed by atoms with Crippen molar-refractivity contribution >= 4 is 12.1 Å². The van der Waals surface area contributed by atoms with Crippen LogP contribution in [0.3, 0.4) is 0 Å². The van der Waals surface area contributed by atoms with Crippen LogP contribution < -0.4 is 4.74 Å². The molecule has 1 aromatic carbocycles. The number of nitrogens with zero attached hydrogens (tertiary/aromatic N) is 2. The SMILES string of the molecule is Cc1noc(-c2ccc(O[C@H]3CC[C@H](C(=O)O)C3)cc2)c1COC(=O)N(C)C1CCCC1. The fraction of sp³-hybridized carbons (Fsp3) is 0.542. The zero-order chi connectivity index (χ0) is 22.7. The first-order valence-corrected chi connectivity index (χ1v) is 11.3. The Balaban J connectivity index is 1.38. The molecule has 2 saturated carbocycles. The van der Waals surface area contributed by atoms with Gasteiger partial charge in [0.05, 0.1) is 23.3 Å². The molecule has 8 nitrogen and oxygen atoms in total. The summed E-state index contributed by atoms with van der Waals surface area (Å²) >= 11 is 0. The molecule has 1 heterocycles. The maximum Gasteiger partial charge on any atom is 0.410 e. The number of amides is 1. The van der Waals surface area contributed by atoms with Gasteiger partial charge < -0.3 is 24.0 Å².